The smallest absolute Gasteiger partial charge is 0.237 e. The Morgan fingerprint density at radius 2 is 1.95 bits per heavy atom. The Hall–Kier alpha value is -0.650. The third-order valence-corrected chi connectivity index (χ3v) is 4.82. The van der Waals surface area contributed by atoms with Crippen LogP contribution in [0.15, 0.2) is 0 Å². The minimum absolute atomic E-state index is 0.219. The molecule has 1 saturated carbocycles. The van der Waals surface area contributed by atoms with Crippen molar-refractivity contribution in [2.45, 2.75) is 57.7 Å². The molecular formula is C15H30N4O. The molecule has 2 aliphatic rings. The molecule has 20 heavy (non-hydrogen) atoms. The molecule has 3 N–H and O–H groups in total. The Balaban J connectivity index is 1.87. The number of rotatable bonds is 7. The molecule has 5 nitrogen and oxygen atoms in total. The van der Waals surface area contributed by atoms with Crippen molar-refractivity contribution >= 4 is 5.91 Å². The lowest BCUT2D eigenvalue weighted by Gasteiger charge is -2.40. The zero-order valence-electron chi connectivity index (χ0n) is 13.2. The summed E-state index contributed by atoms with van der Waals surface area (Å²) < 4.78 is 0. The molecule has 1 aliphatic heterocycles. The maximum absolute atomic E-state index is 11.8. The molecule has 1 amide bonds. The summed E-state index contributed by atoms with van der Waals surface area (Å²) in [5.41, 5.74) is 5.07. The predicted octanol–water partition coefficient (Wildman–Crippen LogP) is 0.399. The van der Waals surface area contributed by atoms with Gasteiger partial charge in [0.15, 0.2) is 0 Å². The summed E-state index contributed by atoms with van der Waals surface area (Å²) in [5.74, 6) is -0.219. The number of nitrogens with zero attached hydrogens (tertiary/aromatic N) is 2. The monoisotopic (exact) mass is 282 g/mol. The second kappa shape index (κ2) is 6.41. The molecule has 2 fully saturated rings. The number of primary amides is 1. The summed E-state index contributed by atoms with van der Waals surface area (Å²) >= 11 is 0. The molecule has 0 aromatic carbocycles. The van der Waals surface area contributed by atoms with E-state index in [4.69, 9.17) is 5.73 Å². The minimum atomic E-state index is -0.567. The van der Waals surface area contributed by atoms with Crippen molar-refractivity contribution in [3.63, 3.8) is 0 Å². The van der Waals surface area contributed by atoms with E-state index in [1.807, 2.05) is 6.92 Å². The van der Waals surface area contributed by atoms with Crippen LogP contribution in [0.2, 0.25) is 0 Å². The van der Waals surface area contributed by atoms with E-state index >= 15 is 0 Å². The zero-order chi connectivity index (χ0) is 14.8. The van der Waals surface area contributed by atoms with Gasteiger partial charge < -0.3 is 16.0 Å². The van der Waals surface area contributed by atoms with E-state index in [0.29, 0.717) is 12.1 Å². The number of likely N-dealkylation sites (N-methyl/N-ethyl adjacent to an activating group) is 1. The van der Waals surface area contributed by atoms with E-state index in [0.717, 1.165) is 39.1 Å². The average molecular weight is 282 g/mol. The van der Waals surface area contributed by atoms with Crippen LogP contribution in [0.3, 0.4) is 0 Å². The molecule has 0 spiro atoms. The first-order valence-corrected chi connectivity index (χ1v) is 7.98. The molecule has 2 rings (SSSR count). The average Bonchev–Trinajstić information content (AvgIpc) is 3.22. The zero-order valence-corrected chi connectivity index (χ0v) is 13.2. The van der Waals surface area contributed by atoms with Crippen LogP contribution >= 0.6 is 0 Å². The molecule has 2 unspecified atom stereocenters. The van der Waals surface area contributed by atoms with Gasteiger partial charge in [0, 0.05) is 38.3 Å². The molecule has 1 aliphatic carbocycles. The van der Waals surface area contributed by atoms with Gasteiger partial charge in [-0.2, -0.15) is 0 Å². The summed E-state index contributed by atoms with van der Waals surface area (Å²) in [6.07, 6.45) is 3.14. The van der Waals surface area contributed by atoms with Crippen molar-refractivity contribution in [2.75, 3.05) is 32.7 Å². The largest absolute Gasteiger partial charge is 0.368 e. The van der Waals surface area contributed by atoms with Crippen molar-refractivity contribution in [3.05, 3.63) is 0 Å². The first kappa shape index (κ1) is 15.7. The van der Waals surface area contributed by atoms with Crippen molar-refractivity contribution in [1.29, 1.82) is 0 Å². The SMILES string of the molecule is CCN1CCN(C(C)CC(C)(NC2CC2)C(N)=O)CC1. The van der Waals surface area contributed by atoms with Gasteiger partial charge in [-0.15, -0.1) is 0 Å². The summed E-state index contributed by atoms with van der Waals surface area (Å²) in [6.45, 7) is 12.0. The lowest BCUT2D eigenvalue weighted by molar-refractivity contribution is -0.124. The van der Waals surface area contributed by atoms with Gasteiger partial charge in [-0.05, 0) is 39.7 Å². The molecule has 116 valence electrons. The van der Waals surface area contributed by atoms with Crippen LogP contribution in [0.4, 0.5) is 0 Å². The van der Waals surface area contributed by atoms with Crippen LogP contribution < -0.4 is 11.1 Å². The fourth-order valence-corrected chi connectivity index (χ4v) is 3.15. The highest BCUT2D eigenvalue weighted by molar-refractivity contribution is 5.84. The van der Waals surface area contributed by atoms with Gasteiger partial charge in [0.1, 0.15) is 0 Å². The first-order valence-electron chi connectivity index (χ1n) is 7.98. The fraction of sp³-hybridized carbons (Fsp3) is 0.933. The molecule has 0 radical (unpaired) electrons. The van der Waals surface area contributed by atoms with Crippen LogP contribution in [-0.2, 0) is 4.79 Å². The second-order valence-electron chi connectivity index (χ2n) is 6.64. The minimum Gasteiger partial charge on any atom is -0.368 e. The topological polar surface area (TPSA) is 61.6 Å². The number of hydrogen-bond donors (Lipinski definition) is 2. The maximum atomic E-state index is 11.8. The normalized spacial score (nSPS) is 26.1. The molecular weight excluding hydrogens is 252 g/mol. The highest BCUT2D eigenvalue weighted by Gasteiger charge is 2.39. The second-order valence-corrected chi connectivity index (χ2v) is 6.64. The Bertz CT molecular complexity index is 337. The van der Waals surface area contributed by atoms with E-state index in [-0.39, 0.29) is 5.91 Å². The number of piperazine rings is 1. The maximum Gasteiger partial charge on any atom is 0.237 e. The number of amides is 1. The van der Waals surface area contributed by atoms with Gasteiger partial charge in [0.25, 0.3) is 0 Å². The number of carbonyl (C=O) groups is 1. The molecule has 1 saturated heterocycles. The van der Waals surface area contributed by atoms with Gasteiger partial charge >= 0.3 is 0 Å². The van der Waals surface area contributed by atoms with Crippen LogP contribution in [0.1, 0.15) is 40.0 Å². The number of carbonyl (C=O) groups excluding carboxylic acids is 1. The van der Waals surface area contributed by atoms with E-state index in [2.05, 4.69) is 29.0 Å². The summed E-state index contributed by atoms with van der Waals surface area (Å²) in [7, 11) is 0. The molecule has 2 atom stereocenters. The Kier molecular flexibility index (Phi) is 5.04. The third-order valence-electron chi connectivity index (χ3n) is 4.82. The van der Waals surface area contributed by atoms with Gasteiger partial charge in [0.2, 0.25) is 5.91 Å². The molecule has 0 bridgehead atoms. The van der Waals surface area contributed by atoms with Crippen LogP contribution in [0.5, 0.6) is 0 Å². The van der Waals surface area contributed by atoms with Gasteiger partial charge in [-0.1, -0.05) is 6.92 Å². The lowest BCUT2D eigenvalue weighted by Crippen LogP contribution is -2.58. The van der Waals surface area contributed by atoms with E-state index in [9.17, 15) is 4.79 Å². The Morgan fingerprint density at radius 3 is 2.40 bits per heavy atom. The Labute approximate surface area is 122 Å². The van der Waals surface area contributed by atoms with Crippen molar-refractivity contribution < 1.29 is 4.79 Å². The quantitative estimate of drug-likeness (QED) is 0.709. The number of hydrogen-bond acceptors (Lipinski definition) is 4. The van der Waals surface area contributed by atoms with Crippen LogP contribution in [0.25, 0.3) is 0 Å². The number of nitrogens with one attached hydrogen (secondary N) is 1. The Morgan fingerprint density at radius 1 is 1.35 bits per heavy atom. The molecule has 1 heterocycles. The lowest BCUT2D eigenvalue weighted by atomic mass is 9.91. The van der Waals surface area contributed by atoms with E-state index < -0.39 is 5.54 Å². The fourth-order valence-electron chi connectivity index (χ4n) is 3.15. The summed E-state index contributed by atoms with van der Waals surface area (Å²) in [6, 6.07) is 0.884. The van der Waals surface area contributed by atoms with Crippen molar-refractivity contribution in [2.24, 2.45) is 5.73 Å². The number of nitrogens with two attached hydrogens (primary N) is 1. The van der Waals surface area contributed by atoms with Gasteiger partial charge in [0.05, 0.1) is 5.54 Å². The predicted molar refractivity (Wildman–Crippen MR) is 81.5 cm³/mol. The van der Waals surface area contributed by atoms with E-state index in [1.165, 1.54) is 12.8 Å². The van der Waals surface area contributed by atoms with Crippen molar-refractivity contribution in [3.8, 4) is 0 Å². The van der Waals surface area contributed by atoms with Crippen LogP contribution in [0, 0.1) is 0 Å². The van der Waals surface area contributed by atoms with Crippen LogP contribution in [-0.4, -0.2) is 66.1 Å². The van der Waals surface area contributed by atoms with Crippen molar-refractivity contribution in [1.82, 2.24) is 15.1 Å². The standard InChI is InChI=1S/C15H30N4O/c1-4-18-7-9-19(10-8-18)12(2)11-15(3,14(16)20)17-13-5-6-13/h12-13,17H,4-11H2,1-3H3,(H2,16,20). The molecule has 0 aromatic rings. The summed E-state index contributed by atoms with van der Waals surface area (Å²) in [5, 5.41) is 3.45. The highest BCUT2D eigenvalue weighted by atomic mass is 16.1. The first-order chi connectivity index (χ1) is 9.44. The van der Waals surface area contributed by atoms with Gasteiger partial charge in [-0.3, -0.25) is 9.69 Å². The molecule has 0 aromatic heterocycles. The third kappa shape index (κ3) is 3.93. The summed E-state index contributed by atoms with van der Waals surface area (Å²) in [4.78, 5) is 16.8. The van der Waals surface area contributed by atoms with E-state index in [1.54, 1.807) is 0 Å². The van der Waals surface area contributed by atoms with Gasteiger partial charge in [-0.25, -0.2) is 0 Å². The highest BCUT2D eigenvalue weighted by Crippen LogP contribution is 2.26. The molecule has 5 heteroatoms.